The fourth-order valence-electron chi connectivity index (χ4n) is 2.22. The molecule has 2 aromatic carbocycles. The highest BCUT2D eigenvalue weighted by Gasteiger charge is 2.40. The molecule has 1 aliphatic heterocycles. The van der Waals surface area contributed by atoms with Gasteiger partial charge in [-0.05, 0) is 36.4 Å². The van der Waals surface area contributed by atoms with E-state index in [2.05, 4.69) is 0 Å². The van der Waals surface area contributed by atoms with Crippen LogP contribution in [0.15, 0.2) is 59.5 Å². The van der Waals surface area contributed by atoms with Crippen molar-refractivity contribution in [3.63, 3.8) is 0 Å². The molecule has 0 aromatic heterocycles. The third-order valence-electron chi connectivity index (χ3n) is 3.21. The van der Waals surface area contributed by atoms with Crippen molar-refractivity contribution in [3.05, 3.63) is 59.6 Å². The van der Waals surface area contributed by atoms with Gasteiger partial charge in [0, 0.05) is 16.3 Å². The van der Waals surface area contributed by atoms with Crippen LogP contribution in [0.1, 0.15) is 6.42 Å². The monoisotopic (exact) mass is 317 g/mol. The van der Waals surface area contributed by atoms with Gasteiger partial charge in [-0.1, -0.05) is 29.8 Å². The zero-order chi connectivity index (χ0) is 14.8. The van der Waals surface area contributed by atoms with Crippen LogP contribution in [0.4, 0.5) is 5.69 Å². The van der Waals surface area contributed by atoms with Crippen molar-refractivity contribution in [1.82, 2.24) is 0 Å². The first-order valence-corrected chi connectivity index (χ1v) is 7.75. The van der Waals surface area contributed by atoms with E-state index >= 15 is 0 Å². The van der Waals surface area contributed by atoms with Gasteiger partial charge in [-0.15, -0.1) is 11.8 Å². The van der Waals surface area contributed by atoms with Gasteiger partial charge < -0.3 is 0 Å². The van der Waals surface area contributed by atoms with Crippen molar-refractivity contribution in [3.8, 4) is 0 Å². The first-order chi connectivity index (χ1) is 10.1. The number of thioether (sulfide) groups is 1. The fraction of sp³-hybridized carbons (Fsp3) is 0.125. The average Bonchev–Trinajstić information content (AvgIpc) is 2.76. The second-order valence-corrected chi connectivity index (χ2v) is 6.38. The summed E-state index contributed by atoms with van der Waals surface area (Å²) in [7, 11) is 0. The molecular weight excluding hydrogens is 306 g/mol. The van der Waals surface area contributed by atoms with E-state index in [1.54, 1.807) is 24.3 Å². The van der Waals surface area contributed by atoms with Crippen LogP contribution in [0.2, 0.25) is 5.02 Å². The smallest absolute Gasteiger partial charge is 0.247 e. The summed E-state index contributed by atoms with van der Waals surface area (Å²) < 4.78 is 0. The molecule has 1 heterocycles. The normalized spacial score (nSPS) is 18.3. The number of carbonyl (C=O) groups excluding carboxylic acids is 2. The Hall–Kier alpha value is -1.78. The van der Waals surface area contributed by atoms with E-state index in [4.69, 9.17) is 11.6 Å². The summed E-state index contributed by atoms with van der Waals surface area (Å²) in [5.74, 6) is -0.341. The standard InChI is InChI=1S/C16H12ClNO2S/c17-11-6-8-12(9-7-11)18-15(19)10-14(16(18)20)21-13-4-2-1-3-5-13/h1-9,14H,10H2. The lowest BCUT2D eigenvalue weighted by molar-refractivity contribution is -0.121. The number of amides is 2. The molecule has 1 fully saturated rings. The largest absolute Gasteiger partial charge is 0.274 e. The Labute approximate surface area is 131 Å². The van der Waals surface area contributed by atoms with E-state index in [0.717, 1.165) is 4.90 Å². The van der Waals surface area contributed by atoms with Crippen molar-refractivity contribution >= 4 is 40.9 Å². The zero-order valence-corrected chi connectivity index (χ0v) is 12.6. The minimum atomic E-state index is -0.365. The van der Waals surface area contributed by atoms with Gasteiger partial charge in [0.15, 0.2) is 0 Å². The molecule has 1 saturated heterocycles. The summed E-state index contributed by atoms with van der Waals surface area (Å²) in [6.07, 6.45) is 0.223. The molecule has 3 rings (SSSR count). The molecule has 5 heteroatoms. The first kappa shape index (κ1) is 14.2. The van der Waals surface area contributed by atoms with E-state index in [1.807, 2.05) is 30.3 Å². The Kier molecular flexibility index (Phi) is 3.99. The minimum Gasteiger partial charge on any atom is -0.274 e. The maximum absolute atomic E-state index is 12.5. The topological polar surface area (TPSA) is 37.4 Å². The molecule has 0 bridgehead atoms. The number of anilines is 1. The molecule has 106 valence electrons. The third kappa shape index (κ3) is 2.96. The molecule has 1 atom stereocenters. The van der Waals surface area contributed by atoms with Crippen molar-refractivity contribution < 1.29 is 9.59 Å². The quantitative estimate of drug-likeness (QED) is 0.809. The molecule has 0 spiro atoms. The summed E-state index contributed by atoms with van der Waals surface area (Å²) in [4.78, 5) is 26.8. The Morgan fingerprint density at radius 1 is 1.00 bits per heavy atom. The summed E-state index contributed by atoms with van der Waals surface area (Å²) in [5, 5.41) is 0.212. The van der Waals surface area contributed by atoms with Gasteiger partial charge in [-0.3, -0.25) is 9.59 Å². The van der Waals surface area contributed by atoms with Crippen molar-refractivity contribution in [2.75, 3.05) is 4.90 Å². The number of carbonyl (C=O) groups is 2. The number of nitrogens with zero attached hydrogens (tertiary/aromatic N) is 1. The van der Waals surface area contributed by atoms with Crippen LogP contribution >= 0.6 is 23.4 Å². The summed E-state index contributed by atoms with van der Waals surface area (Å²) in [5.41, 5.74) is 0.575. The van der Waals surface area contributed by atoms with Crippen molar-refractivity contribution in [2.24, 2.45) is 0 Å². The Morgan fingerprint density at radius 2 is 1.67 bits per heavy atom. The van der Waals surface area contributed by atoms with Crippen LogP contribution in [-0.2, 0) is 9.59 Å². The van der Waals surface area contributed by atoms with Crippen LogP contribution in [0.3, 0.4) is 0 Å². The zero-order valence-electron chi connectivity index (χ0n) is 11.0. The highest BCUT2D eigenvalue weighted by Crippen LogP contribution is 2.34. The van der Waals surface area contributed by atoms with Gasteiger partial charge in [-0.2, -0.15) is 0 Å². The molecule has 0 N–H and O–H groups in total. The fourth-order valence-corrected chi connectivity index (χ4v) is 3.42. The maximum atomic E-state index is 12.5. The average molecular weight is 318 g/mol. The van der Waals surface area contributed by atoms with Crippen LogP contribution in [-0.4, -0.2) is 17.1 Å². The van der Waals surface area contributed by atoms with Crippen LogP contribution in [0.25, 0.3) is 0 Å². The molecule has 21 heavy (non-hydrogen) atoms. The molecule has 3 nitrogen and oxygen atoms in total. The lowest BCUT2D eigenvalue weighted by atomic mass is 10.3. The molecular formula is C16H12ClNO2S. The molecule has 0 aliphatic carbocycles. The van der Waals surface area contributed by atoms with Crippen LogP contribution < -0.4 is 4.90 Å². The molecule has 1 unspecified atom stereocenters. The molecule has 0 radical (unpaired) electrons. The Bertz CT molecular complexity index is 672. The highest BCUT2D eigenvalue weighted by molar-refractivity contribution is 8.00. The van der Waals surface area contributed by atoms with Gasteiger partial charge >= 0.3 is 0 Å². The molecule has 2 aromatic rings. The predicted octanol–water partition coefficient (Wildman–Crippen LogP) is 3.76. The molecule has 0 saturated carbocycles. The van der Waals surface area contributed by atoms with Gasteiger partial charge in [0.05, 0.1) is 10.9 Å². The third-order valence-corrected chi connectivity index (χ3v) is 4.66. The van der Waals surface area contributed by atoms with E-state index in [1.165, 1.54) is 16.7 Å². The summed E-state index contributed by atoms with van der Waals surface area (Å²) in [6.45, 7) is 0. The summed E-state index contributed by atoms with van der Waals surface area (Å²) >= 11 is 7.26. The van der Waals surface area contributed by atoms with E-state index in [9.17, 15) is 9.59 Å². The number of halogens is 1. The van der Waals surface area contributed by atoms with E-state index < -0.39 is 0 Å². The first-order valence-electron chi connectivity index (χ1n) is 6.49. The number of imide groups is 1. The lowest BCUT2D eigenvalue weighted by Crippen LogP contribution is -2.31. The number of hydrogen-bond donors (Lipinski definition) is 0. The van der Waals surface area contributed by atoms with Gasteiger partial charge in [0.25, 0.3) is 0 Å². The van der Waals surface area contributed by atoms with Gasteiger partial charge in [0.2, 0.25) is 11.8 Å². The Morgan fingerprint density at radius 3 is 2.33 bits per heavy atom. The molecule has 1 aliphatic rings. The predicted molar refractivity (Wildman–Crippen MR) is 84.6 cm³/mol. The van der Waals surface area contributed by atoms with Gasteiger partial charge in [-0.25, -0.2) is 4.90 Å². The van der Waals surface area contributed by atoms with E-state index in [-0.39, 0.29) is 23.5 Å². The van der Waals surface area contributed by atoms with Gasteiger partial charge in [0.1, 0.15) is 0 Å². The minimum absolute atomic E-state index is 0.170. The Balaban J connectivity index is 1.80. The lowest BCUT2D eigenvalue weighted by Gasteiger charge is -2.14. The van der Waals surface area contributed by atoms with Crippen molar-refractivity contribution in [1.29, 1.82) is 0 Å². The van der Waals surface area contributed by atoms with Crippen molar-refractivity contribution in [2.45, 2.75) is 16.6 Å². The SMILES string of the molecule is O=C1CC(Sc2ccccc2)C(=O)N1c1ccc(Cl)cc1. The number of benzene rings is 2. The summed E-state index contributed by atoms with van der Waals surface area (Å²) in [6, 6.07) is 16.4. The highest BCUT2D eigenvalue weighted by atomic mass is 35.5. The molecule has 2 amide bonds. The number of rotatable bonds is 3. The number of hydrogen-bond acceptors (Lipinski definition) is 3. The van der Waals surface area contributed by atoms with Crippen LogP contribution in [0.5, 0.6) is 0 Å². The second-order valence-electron chi connectivity index (χ2n) is 4.67. The second kappa shape index (κ2) is 5.92. The van der Waals surface area contributed by atoms with E-state index in [0.29, 0.717) is 10.7 Å². The maximum Gasteiger partial charge on any atom is 0.247 e. The van der Waals surface area contributed by atoms with Crippen LogP contribution in [0, 0.1) is 0 Å².